The van der Waals surface area contributed by atoms with Crippen LogP contribution in [0.3, 0.4) is 0 Å². The fourth-order valence-corrected chi connectivity index (χ4v) is 4.23. The van der Waals surface area contributed by atoms with Gasteiger partial charge in [-0.15, -0.1) is 0 Å². The van der Waals surface area contributed by atoms with Gasteiger partial charge in [0.2, 0.25) is 5.91 Å². The predicted molar refractivity (Wildman–Crippen MR) is 134 cm³/mol. The maximum Gasteiger partial charge on any atom is 0.257 e. The van der Waals surface area contributed by atoms with Crippen molar-refractivity contribution in [2.24, 2.45) is 11.8 Å². The quantitative estimate of drug-likeness (QED) is 0.574. The summed E-state index contributed by atoms with van der Waals surface area (Å²) in [6.45, 7) is 5.54. The van der Waals surface area contributed by atoms with Crippen molar-refractivity contribution in [2.45, 2.75) is 32.7 Å². The third-order valence-corrected chi connectivity index (χ3v) is 6.22. The van der Waals surface area contributed by atoms with E-state index in [-0.39, 0.29) is 29.6 Å². The van der Waals surface area contributed by atoms with Gasteiger partial charge in [0.25, 0.3) is 11.8 Å². The van der Waals surface area contributed by atoms with E-state index in [1.54, 1.807) is 55.5 Å². The maximum atomic E-state index is 13.1. The van der Waals surface area contributed by atoms with Gasteiger partial charge < -0.3 is 25.0 Å². The summed E-state index contributed by atoms with van der Waals surface area (Å²) in [5.41, 5.74) is 0.945. The molecule has 0 bridgehead atoms. The van der Waals surface area contributed by atoms with Crippen LogP contribution in [0, 0.1) is 11.8 Å². The highest BCUT2D eigenvalue weighted by Gasteiger charge is 2.34. The highest BCUT2D eigenvalue weighted by molar-refractivity contribution is 5.98. The molecular formula is C27H35N3O5. The fourth-order valence-electron chi connectivity index (χ4n) is 4.23. The zero-order valence-corrected chi connectivity index (χ0v) is 20.9. The van der Waals surface area contributed by atoms with Crippen molar-refractivity contribution in [1.82, 2.24) is 15.5 Å². The van der Waals surface area contributed by atoms with Crippen LogP contribution in [0.2, 0.25) is 0 Å². The number of para-hydroxylation sites is 1. The summed E-state index contributed by atoms with van der Waals surface area (Å²) in [4.78, 5) is 41.0. The fraction of sp³-hybridized carbons (Fsp3) is 0.444. The standard InChI is InChI=1S/C27H35N3O5/c1-18(2)17-28-26(32)24(29-25(31)20-8-7-9-21(16-20)34-3)19-12-14-30(15-13-19)27(33)22-10-5-6-11-23(22)35-4/h5-11,16,18-19,24H,12-15,17H2,1-4H3,(H,28,32)(H,29,31)/t24-/m0/s1. The molecule has 35 heavy (non-hydrogen) atoms. The first-order valence-electron chi connectivity index (χ1n) is 12.0. The topological polar surface area (TPSA) is 97.0 Å². The Morgan fingerprint density at radius 2 is 1.71 bits per heavy atom. The van der Waals surface area contributed by atoms with Gasteiger partial charge in [0.05, 0.1) is 19.8 Å². The summed E-state index contributed by atoms with van der Waals surface area (Å²) in [5.74, 6) is 0.665. The normalized spacial score (nSPS) is 14.8. The van der Waals surface area contributed by atoms with Crippen molar-refractivity contribution >= 4 is 17.7 Å². The zero-order chi connectivity index (χ0) is 25.4. The van der Waals surface area contributed by atoms with Crippen LogP contribution in [0.25, 0.3) is 0 Å². The smallest absolute Gasteiger partial charge is 0.257 e. The molecule has 2 aromatic rings. The molecule has 8 heteroatoms. The molecule has 2 N–H and O–H groups in total. The molecule has 3 amide bonds. The maximum absolute atomic E-state index is 13.1. The molecule has 0 saturated carbocycles. The van der Waals surface area contributed by atoms with Gasteiger partial charge in [-0.25, -0.2) is 0 Å². The minimum absolute atomic E-state index is 0.0953. The number of rotatable bonds is 9. The SMILES string of the molecule is COc1cccc(C(=O)N[C@H](C(=O)NCC(C)C)C2CCN(C(=O)c3ccccc3OC)CC2)c1. The number of benzene rings is 2. The number of hydrogen-bond donors (Lipinski definition) is 2. The molecule has 1 heterocycles. The number of piperidine rings is 1. The van der Waals surface area contributed by atoms with Crippen LogP contribution >= 0.6 is 0 Å². The van der Waals surface area contributed by atoms with Crippen molar-refractivity contribution < 1.29 is 23.9 Å². The van der Waals surface area contributed by atoms with Gasteiger partial charge in [-0.05, 0) is 55.0 Å². The minimum Gasteiger partial charge on any atom is -0.497 e. The van der Waals surface area contributed by atoms with E-state index in [0.29, 0.717) is 55.1 Å². The molecule has 0 unspecified atom stereocenters. The van der Waals surface area contributed by atoms with E-state index < -0.39 is 6.04 Å². The molecule has 0 aliphatic carbocycles. The van der Waals surface area contributed by atoms with Crippen LogP contribution < -0.4 is 20.1 Å². The highest BCUT2D eigenvalue weighted by atomic mass is 16.5. The van der Waals surface area contributed by atoms with E-state index in [1.165, 1.54) is 0 Å². The molecule has 1 saturated heterocycles. The summed E-state index contributed by atoms with van der Waals surface area (Å²) >= 11 is 0. The number of likely N-dealkylation sites (tertiary alicyclic amines) is 1. The molecule has 1 fully saturated rings. The summed E-state index contributed by atoms with van der Waals surface area (Å²) in [6.07, 6.45) is 1.19. The lowest BCUT2D eigenvalue weighted by Gasteiger charge is -2.36. The van der Waals surface area contributed by atoms with Gasteiger partial charge in [-0.2, -0.15) is 0 Å². The van der Waals surface area contributed by atoms with E-state index in [0.717, 1.165) is 0 Å². The van der Waals surface area contributed by atoms with Crippen LogP contribution in [-0.2, 0) is 4.79 Å². The van der Waals surface area contributed by atoms with Crippen molar-refractivity contribution in [2.75, 3.05) is 33.9 Å². The lowest BCUT2D eigenvalue weighted by Crippen LogP contribution is -2.54. The number of amides is 3. The first-order valence-corrected chi connectivity index (χ1v) is 12.0. The molecule has 1 atom stereocenters. The number of carbonyl (C=O) groups is 3. The minimum atomic E-state index is -0.698. The number of hydrogen-bond acceptors (Lipinski definition) is 5. The lowest BCUT2D eigenvalue weighted by molar-refractivity contribution is -0.124. The number of carbonyl (C=O) groups excluding carboxylic acids is 3. The van der Waals surface area contributed by atoms with Crippen molar-refractivity contribution in [1.29, 1.82) is 0 Å². The van der Waals surface area contributed by atoms with E-state index in [1.807, 2.05) is 26.0 Å². The van der Waals surface area contributed by atoms with Gasteiger partial charge in [-0.3, -0.25) is 14.4 Å². The van der Waals surface area contributed by atoms with Gasteiger partial charge in [0.15, 0.2) is 0 Å². The van der Waals surface area contributed by atoms with E-state index in [9.17, 15) is 14.4 Å². The van der Waals surface area contributed by atoms with Gasteiger partial charge in [-0.1, -0.05) is 32.0 Å². The van der Waals surface area contributed by atoms with Crippen LogP contribution in [0.5, 0.6) is 11.5 Å². The summed E-state index contributed by atoms with van der Waals surface area (Å²) in [7, 11) is 3.09. The Labute approximate surface area is 207 Å². The zero-order valence-electron chi connectivity index (χ0n) is 20.9. The van der Waals surface area contributed by atoms with Crippen molar-refractivity contribution in [3.63, 3.8) is 0 Å². The van der Waals surface area contributed by atoms with Crippen LogP contribution in [0.1, 0.15) is 47.4 Å². The predicted octanol–water partition coefficient (Wildman–Crippen LogP) is 3.13. The Kier molecular flexibility index (Phi) is 9.11. The molecule has 0 radical (unpaired) electrons. The van der Waals surface area contributed by atoms with Crippen LogP contribution in [0.15, 0.2) is 48.5 Å². The third-order valence-electron chi connectivity index (χ3n) is 6.22. The van der Waals surface area contributed by atoms with Crippen molar-refractivity contribution in [3.05, 3.63) is 59.7 Å². The Bertz CT molecular complexity index is 1030. The molecule has 0 spiro atoms. The van der Waals surface area contributed by atoms with E-state index in [4.69, 9.17) is 9.47 Å². The molecule has 188 valence electrons. The molecule has 1 aliphatic rings. The van der Waals surface area contributed by atoms with Crippen LogP contribution in [0.4, 0.5) is 0 Å². The Hall–Kier alpha value is -3.55. The summed E-state index contributed by atoms with van der Waals surface area (Å²) in [5, 5.41) is 5.90. The molecule has 2 aromatic carbocycles. The first-order chi connectivity index (χ1) is 16.8. The Balaban J connectivity index is 1.71. The third kappa shape index (κ3) is 6.74. The number of methoxy groups -OCH3 is 2. The average molecular weight is 482 g/mol. The Morgan fingerprint density at radius 1 is 1.00 bits per heavy atom. The molecular weight excluding hydrogens is 446 g/mol. The largest absolute Gasteiger partial charge is 0.497 e. The van der Waals surface area contributed by atoms with E-state index >= 15 is 0 Å². The summed E-state index contributed by atoms with van der Waals surface area (Å²) in [6, 6.07) is 13.3. The Morgan fingerprint density at radius 3 is 2.37 bits per heavy atom. The van der Waals surface area contributed by atoms with Crippen molar-refractivity contribution in [3.8, 4) is 11.5 Å². The molecule has 3 rings (SSSR count). The molecule has 1 aliphatic heterocycles. The lowest BCUT2D eigenvalue weighted by atomic mass is 9.88. The molecule has 8 nitrogen and oxygen atoms in total. The van der Waals surface area contributed by atoms with Gasteiger partial charge in [0.1, 0.15) is 17.5 Å². The summed E-state index contributed by atoms with van der Waals surface area (Å²) < 4.78 is 10.6. The number of nitrogens with zero attached hydrogens (tertiary/aromatic N) is 1. The first kappa shape index (κ1) is 26.1. The average Bonchev–Trinajstić information content (AvgIpc) is 2.89. The van der Waals surface area contributed by atoms with Gasteiger partial charge in [0, 0.05) is 25.2 Å². The second kappa shape index (κ2) is 12.2. The molecule has 0 aromatic heterocycles. The number of nitrogens with one attached hydrogen (secondary N) is 2. The second-order valence-electron chi connectivity index (χ2n) is 9.15. The monoisotopic (exact) mass is 481 g/mol. The second-order valence-corrected chi connectivity index (χ2v) is 9.15. The number of ether oxygens (including phenoxy) is 2. The van der Waals surface area contributed by atoms with Crippen LogP contribution in [-0.4, -0.2) is 62.5 Å². The highest BCUT2D eigenvalue weighted by Crippen LogP contribution is 2.26. The van der Waals surface area contributed by atoms with E-state index in [2.05, 4.69) is 10.6 Å². The van der Waals surface area contributed by atoms with Gasteiger partial charge >= 0.3 is 0 Å².